The number of carbonyl (C=O) groups is 1. The molecule has 0 radical (unpaired) electrons. The lowest BCUT2D eigenvalue weighted by molar-refractivity contribution is 0.102. The van der Waals surface area contributed by atoms with Crippen molar-refractivity contribution in [3.63, 3.8) is 0 Å². The highest BCUT2D eigenvalue weighted by molar-refractivity contribution is 7.13. The number of anilines is 2. The Bertz CT molecular complexity index is 552. The van der Waals surface area contributed by atoms with E-state index in [2.05, 4.69) is 22.5 Å². The first-order valence-electron chi connectivity index (χ1n) is 6.26. The fraction of sp³-hybridized carbons (Fsp3) is 0.286. The molecule has 1 amide bonds. The number of aromatic nitrogens is 1. The zero-order valence-corrected chi connectivity index (χ0v) is 11.9. The van der Waals surface area contributed by atoms with E-state index in [4.69, 9.17) is 0 Å². The van der Waals surface area contributed by atoms with E-state index >= 15 is 0 Å². The summed E-state index contributed by atoms with van der Waals surface area (Å²) in [6.45, 7) is 5.06. The Hall–Kier alpha value is -1.88. The molecule has 0 fully saturated rings. The summed E-state index contributed by atoms with van der Waals surface area (Å²) in [6.07, 6.45) is 2.75. The molecule has 4 nitrogen and oxygen atoms in total. The molecule has 0 aliphatic carbocycles. The maximum Gasteiger partial charge on any atom is 0.257 e. The molecule has 0 aliphatic rings. The van der Waals surface area contributed by atoms with Crippen molar-refractivity contribution >= 4 is 28.1 Å². The van der Waals surface area contributed by atoms with Crippen LogP contribution in [0, 0.1) is 6.92 Å². The Balaban J connectivity index is 2.08. The summed E-state index contributed by atoms with van der Waals surface area (Å²) in [5.41, 5.74) is 2.79. The predicted octanol–water partition coefficient (Wildman–Crippen LogP) is 3.53. The van der Waals surface area contributed by atoms with E-state index < -0.39 is 0 Å². The molecule has 1 aromatic carbocycles. The number of aryl methyl sites for hydroxylation is 1. The topological polar surface area (TPSA) is 54.0 Å². The third-order valence-electron chi connectivity index (χ3n) is 2.71. The lowest BCUT2D eigenvalue weighted by Gasteiger charge is -2.10. The van der Waals surface area contributed by atoms with Gasteiger partial charge in [0.25, 0.3) is 5.91 Å². The minimum absolute atomic E-state index is 0.125. The monoisotopic (exact) mass is 275 g/mol. The molecule has 0 atom stereocenters. The predicted molar refractivity (Wildman–Crippen MR) is 80.0 cm³/mol. The van der Waals surface area contributed by atoms with E-state index in [1.54, 1.807) is 6.20 Å². The van der Waals surface area contributed by atoms with E-state index in [0.29, 0.717) is 10.7 Å². The zero-order chi connectivity index (χ0) is 13.7. The molecule has 0 aliphatic heterocycles. The zero-order valence-electron chi connectivity index (χ0n) is 11.1. The van der Waals surface area contributed by atoms with Gasteiger partial charge in [0.1, 0.15) is 0 Å². The molecule has 2 aromatic rings. The van der Waals surface area contributed by atoms with Crippen LogP contribution in [0.2, 0.25) is 0 Å². The summed E-state index contributed by atoms with van der Waals surface area (Å²) >= 11 is 1.41. The van der Waals surface area contributed by atoms with Gasteiger partial charge in [-0.3, -0.25) is 10.1 Å². The lowest BCUT2D eigenvalue weighted by Crippen LogP contribution is -2.12. The van der Waals surface area contributed by atoms with Crippen LogP contribution in [0.15, 0.2) is 29.8 Å². The van der Waals surface area contributed by atoms with Crippen LogP contribution in [0.25, 0.3) is 0 Å². The largest absolute Gasteiger partial charge is 0.385 e. The van der Waals surface area contributed by atoms with E-state index in [1.807, 2.05) is 30.5 Å². The lowest BCUT2D eigenvalue weighted by atomic mass is 10.1. The van der Waals surface area contributed by atoms with Crippen molar-refractivity contribution < 1.29 is 4.79 Å². The van der Waals surface area contributed by atoms with Crippen LogP contribution >= 0.6 is 11.3 Å². The fourth-order valence-electron chi connectivity index (χ4n) is 1.72. The standard InChI is InChI=1S/C14H17N3OS/c1-3-6-15-12-5-4-11(9-10(12)2)13(18)17-14-16-7-8-19-14/h4-5,7-9,15H,3,6H2,1-2H3,(H,16,17,18). The van der Waals surface area contributed by atoms with Crippen molar-refractivity contribution in [3.8, 4) is 0 Å². The van der Waals surface area contributed by atoms with E-state index in [9.17, 15) is 4.79 Å². The number of nitrogens with zero attached hydrogens (tertiary/aromatic N) is 1. The number of amides is 1. The fourth-order valence-corrected chi connectivity index (χ4v) is 2.24. The van der Waals surface area contributed by atoms with Gasteiger partial charge in [-0.25, -0.2) is 4.98 Å². The molecule has 2 rings (SSSR count). The van der Waals surface area contributed by atoms with Crippen molar-refractivity contribution in [1.82, 2.24) is 4.98 Å². The van der Waals surface area contributed by atoms with Gasteiger partial charge in [0.05, 0.1) is 0 Å². The quantitative estimate of drug-likeness (QED) is 0.877. The molecule has 0 saturated carbocycles. The van der Waals surface area contributed by atoms with Gasteiger partial charge in [-0.2, -0.15) is 0 Å². The van der Waals surface area contributed by atoms with Gasteiger partial charge in [-0.15, -0.1) is 11.3 Å². The molecular formula is C14H17N3OS. The summed E-state index contributed by atoms with van der Waals surface area (Å²) in [5.74, 6) is -0.125. The number of thiazole rings is 1. The summed E-state index contributed by atoms with van der Waals surface area (Å²) < 4.78 is 0. The molecule has 2 N–H and O–H groups in total. The van der Waals surface area contributed by atoms with Crippen molar-refractivity contribution in [2.45, 2.75) is 20.3 Å². The maximum absolute atomic E-state index is 12.0. The summed E-state index contributed by atoms with van der Waals surface area (Å²) in [7, 11) is 0. The molecule has 0 unspecified atom stereocenters. The average Bonchev–Trinajstić information content (AvgIpc) is 2.90. The Morgan fingerprint density at radius 2 is 2.26 bits per heavy atom. The van der Waals surface area contributed by atoms with Crippen LogP contribution in [0.1, 0.15) is 29.3 Å². The van der Waals surface area contributed by atoms with Crippen molar-refractivity contribution in [2.24, 2.45) is 0 Å². The van der Waals surface area contributed by atoms with Crippen LogP contribution in [0.5, 0.6) is 0 Å². The Morgan fingerprint density at radius 1 is 1.42 bits per heavy atom. The first-order chi connectivity index (χ1) is 9.20. The molecule has 1 heterocycles. The van der Waals surface area contributed by atoms with Gasteiger partial charge >= 0.3 is 0 Å². The number of hydrogen-bond donors (Lipinski definition) is 2. The third kappa shape index (κ3) is 3.54. The highest BCUT2D eigenvalue weighted by Gasteiger charge is 2.09. The van der Waals surface area contributed by atoms with Crippen LogP contribution in [0.3, 0.4) is 0 Å². The van der Waals surface area contributed by atoms with Crippen molar-refractivity contribution in [3.05, 3.63) is 40.9 Å². The summed E-state index contributed by atoms with van der Waals surface area (Å²) in [6, 6.07) is 5.66. The maximum atomic E-state index is 12.0. The highest BCUT2D eigenvalue weighted by atomic mass is 32.1. The number of benzene rings is 1. The van der Waals surface area contributed by atoms with Crippen LogP contribution < -0.4 is 10.6 Å². The van der Waals surface area contributed by atoms with Gasteiger partial charge in [-0.05, 0) is 37.1 Å². The van der Waals surface area contributed by atoms with E-state index in [1.165, 1.54) is 11.3 Å². The SMILES string of the molecule is CCCNc1ccc(C(=O)Nc2nccs2)cc1C. The minimum Gasteiger partial charge on any atom is -0.385 e. The molecule has 1 aromatic heterocycles. The van der Waals surface area contributed by atoms with Crippen molar-refractivity contribution in [1.29, 1.82) is 0 Å². The Labute approximate surface area is 116 Å². The van der Waals surface area contributed by atoms with Gasteiger partial charge in [0.2, 0.25) is 0 Å². The van der Waals surface area contributed by atoms with Crippen LogP contribution in [-0.4, -0.2) is 17.4 Å². The number of hydrogen-bond acceptors (Lipinski definition) is 4. The van der Waals surface area contributed by atoms with E-state index in [0.717, 1.165) is 24.2 Å². The minimum atomic E-state index is -0.125. The normalized spacial score (nSPS) is 10.2. The molecule has 0 saturated heterocycles. The van der Waals surface area contributed by atoms with Crippen molar-refractivity contribution in [2.75, 3.05) is 17.2 Å². The first kappa shape index (κ1) is 13.5. The Kier molecular flexibility index (Phi) is 4.52. The van der Waals surface area contributed by atoms with Gasteiger partial charge in [0, 0.05) is 29.4 Å². The summed E-state index contributed by atoms with van der Waals surface area (Å²) in [4.78, 5) is 16.1. The highest BCUT2D eigenvalue weighted by Crippen LogP contribution is 2.18. The molecule has 5 heteroatoms. The smallest absolute Gasteiger partial charge is 0.257 e. The van der Waals surface area contributed by atoms with Crippen LogP contribution in [-0.2, 0) is 0 Å². The van der Waals surface area contributed by atoms with Gasteiger partial charge < -0.3 is 5.32 Å². The third-order valence-corrected chi connectivity index (χ3v) is 3.40. The van der Waals surface area contributed by atoms with Gasteiger partial charge in [-0.1, -0.05) is 6.92 Å². The molecule has 0 bridgehead atoms. The van der Waals surface area contributed by atoms with Gasteiger partial charge in [0.15, 0.2) is 5.13 Å². The molecule has 100 valence electrons. The number of rotatable bonds is 5. The summed E-state index contributed by atoms with van der Waals surface area (Å²) in [5, 5.41) is 8.56. The molecular weight excluding hydrogens is 258 g/mol. The van der Waals surface area contributed by atoms with Crippen LogP contribution in [0.4, 0.5) is 10.8 Å². The Morgan fingerprint density at radius 3 is 2.89 bits per heavy atom. The number of nitrogens with one attached hydrogen (secondary N) is 2. The first-order valence-corrected chi connectivity index (χ1v) is 7.14. The molecule has 19 heavy (non-hydrogen) atoms. The number of carbonyl (C=O) groups excluding carboxylic acids is 1. The second-order valence-electron chi connectivity index (χ2n) is 4.25. The van der Waals surface area contributed by atoms with E-state index in [-0.39, 0.29) is 5.91 Å². The second-order valence-corrected chi connectivity index (χ2v) is 5.14. The average molecular weight is 275 g/mol. The second kappa shape index (κ2) is 6.33. The molecule has 0 spiro atoms.